The van der Waals surface area contributed by atoms with Crippen LogP contribution >= 0.6 is 11.3 Å². The molecule has 2 fully saturated rings. The standard InChI is InChI=1S/C12H19N3S/c1-8-4-5-15(7-8)12-14-11(9-2-3-9)10(6-13)16-12/h8-9H,2-7,13H2,1H3. The van der Waals surface area contributed by atoms with Crippen LogP contribution in [-0.4, -0.2) is 18.1 Å². The van der Waals surface area contributed by atoms with Crippen molar-refractivity contribution in [3.05, 3.63) is 10.6 Å². The maximum absolute atomic E-state index is 5.81. The van der Waals surface area contributed by atoms with Gasteiger partial charge in [-0.15, -0.1) is 11.3 Å². The lowest BCUT2D eigenvalue weighted by Crippen LogP contribution is -2.18. The van der Waals surface area contributed by atoms with Crippen LogP contribution in [0.1, 0.15) is 42.7 Å². The average Bonchev–Trinajstić information content (AvgIpc) is 2.88. The number of aromatic nitrogens is 1. The number of nitrogens with zero attached hydrogens (tertiary/aromatic N) is 2. The summed E-state index contributed by atoms with van der Waals surface area (Å²) in [6, 6.07) is 0. The Morgan fingerprint density at radius 1 is 1.44 bits per heavy atom. The lowest BCUT2D eigenvalue weighted by molar-refractivity contribution is 0.659. The van der Waals surface area contributed by atoms with E-state index in [2.05, 4.69) is 11.8 Å². The Kier molecular flexibility index (Phi) is 2.64. The second kappa shape index (κ2) is 4.00. The van der Waals surface area contributed by atoms with Crippen LogP contribution in [0.2, 0.25) is 0 Å². The molecule has 88 valence electrons. The molecule has 0 amide bonds. The van der Waals surface area contributed by atoms with E-state index >= 15 is 0 Å². The number of nitrogens with two attached hydrogens (primary N) is 1. The van der Waals surface area contributed by atoms with Gasteiger partial charge in [0, 0.05) is 30.4 Å². The third-order valence-electron chi connectivity index (χ3n) is 3.56. The molecule has 2 heterocycles. The smallest absolute Gasteiger partial charge is 0.185 e. The molecule has 0 bridgehead atoms. The zero-order valence-electron chi connectivity index (χ0n) is 9.78. The van der Waals surface area contributed by atoms with E-state index in [1.165, 1.54) is 48.1 Å². The monoisotopic (exact) mass is 237 g/mol. The van der Waals surface area contributed by atoms with Crippen LogP contribution in [0.4, 0.5) is 5.13 Å². The van der Waals surface area contributed by atoms with Gasteiger partial charge in [-0.05, 0) is 25.2 Å². The molecule has 0 radical (unpaired) electrons. The molecule has 0 aromatic carbocycles. The van der Waals surface area contributed by atoms with E-state index in [1.54, 1.807) is 0 Å². The first-order valence-electron chi connectivity index (χ1n) is 6.22. The van der Waals surface area contributed by atoms with Crippen molar-refractivity contribution in [2.75, 3.05) is 18.0 Å². The zero-order chi connectivity index (χ0) is 11.1. The Bertz CT molecular complexity index is 384. The summed E-state index contributed by atoms with van der Waals surface area (Å²) in [6.07, 6.45) is 3.93. The molecular formula is C12H19N3S. The zero-order valence-corrected chi connectivity index (χ0v) is 10.6. The van der Waals surface area contributed by atoms with E-state index in [0.717, 1.165) is 11.8 Å². The number of hydrogen-bond acceptors (Lipinski definition) is 4. The van der Waals surface area contributed by atoms with Crippen LogP contribution in [0, 0.1) is 5.92 Å². The summed E-state index contributed by atoms with van der Waals surface area (Å²) >= 11 is 1.82. The van der Waals surface area contributed by atoms with E-state index in [0.29, 0.717) is 6.54 Å². The number of anilines is 1. The van der Waals surface area contributed by atoms with E-state index in [1.807, 2.05) is 11.3 Å². The van der Waals surface area contributed by atoms with Crippen LogP contribution in [0.25, 0.3) is 0 Å². The van der Waals surface area contributed by atoms with Gasteiger partial charge in [-0.25, -0.2) is 4.98 Å². The van der Waals surface area contributed by atoms with Gasteiger partial charge in [-0.3, -0.25) is 0 Å². The molecule has 1 aliphatic heterocycles. The summed E-state index contributed by atoms with van der Waals surface area (Å²) in [5.41, 5.74) is 7.11. The molecule has 4 heteroatoms. The Balaban J connectivity index is 1.84. The summed E-state index contributed by atoms with van der Waals surface area (Å²) in [5.74, 6) is 1.54. The molecule has 1 unspecified atom stereocenters. The first-order chi connectivity index (χ1) is 7.78. The fourth-order valence-corrected chi connectivity index (χ4v) is 3.48. The molecule has 3 rings (SSSR count). The van der Waals surface area contributed by atoms with Crippen molar-refractivity contribution in [3.8, 4) is 0 Å². The van der Waals surface area contributed by atoms with Crippen LogP contribution in [0.15, 0.2) is 0 Å². The third-order valence-corrected chi connectivity index (χ3v) is 4.71. The summed E-state index contributed by atoms with van der Waals surface area (Å²) in [5, 5.41) is 1.21. The molecule has 1 saturated carbocycles. The fraction of sp³-hybridized carbons (Fsp3) is 0.750. The summed E-state index contributed by atoms with van der Waals surface area (Å²) in [6.45, 7) is 5.32. The second-order valence-corrected chi connectivity index (χ2v) is 6.19. The highest BCUT2D eigenvalue weighted by molar-refractivity contribution is 7.15. The van der Waals surface area contributed by atoms with Gasteiger partial charge < -0.3 is 10.6 Å². The highest BCUT2D eigenvalue weighted by atomic mass is 32.1. The third kappa shape index (κ3) is 1.84. The Hall–Kier alpha value is -0.610. The summed E-state index contributed by atoms with van der Waals surface area (Å²) in [4.78, 5) is 8.57. The molecule has 3 nitrogen and oxygen atoms in total. The number of hydrogen-bond donors (Lipinski definition) is 1. The minimum atomic E-state index is 0.660. The first kappa shape index (κ1) is 10.5. The second-order valence-electron chi connectivity index (χ2n) is 5.12. The van der Waals surface area contributed by atoms with Gasteiger partial charge in [0.05, 0.1) is 5.69 Å². The minimum Gasteiger partial charge on any atom is -0.348 e. The Labute approximate surface area is 101 Å². The summed E-state index contributed by atoms with van der Waals surface area (Å²) < 4.78 is 0. The van der Waals surface area contributed by atoms with Crippen molar-refractivity contribution >= 4 is 16.5 Å². The van der Waals surface area contributed by atoms with Crippen molar-refractivity contribution in [2.45, 2.75) is 38.6 Å². The van der Waals surface area contributed by atoms with E-state index in [9.17, 15) is 0 Å². The topological polar surface area (TPSA) is 42.2 Å². The Morgan fingerprint density at radius 2 is 2.25 bits per heavy atom. The van der Waals surface area contributed by atoms with Crippen molar-refractivity contribution in [2.24, 2.45) is 11.7 Å². The van der Waals surface area contributed by atoms with Gasteiger partial charge >= 0.3 is 0 Å². The van der Waals surface area contributed by atoms with Crippen LogP contribution in [-0.2, 0) is 6.54 Å². The maximum Gasteiger partial charge on any atom is 0.185 e. The van der Waals surface area contributed by atoms with Gasteiger partial charge in [-0.2, -0.15) is 0 Å². The Morgan fingerprint density at radius 3 is 2.81 bits per heavy atom. The molecule has 1 saturated heterocycles. The van der Waals surface area contributed by atoms with Crippen molar-refractivity contribution < 1.29 is 0 Å². The minimum absolute atomic E-state index is 0.660. The quantitative estimate of drug-likeness (QED) is 0.877. The largest absolute Gasteiger partial charge is 0.348 e. The lowest BCUT2D eigenvalue weighted by Gasteiger charge is -2.13. The van der Waals surface area contributed by atoms with Crippen LogP contribution < -0.4 is 10.6 Å². The van der Waals surface area contributed by atoms with Gasteiger partial charge in [0.2, 0.25) is 0 Å². The van der Waals surface area contributed by atoms with Crippen molar-refractivity contribution in [1.29, 1.82) is 0 Å². The normalized spacial score (nSPS) is 25.4. The van der Waals surface area contributed by atoms with Gasteiger partial charge in [0.1, 0.15) is 0 Å². The molecule has 1 aromatic heterocycles. The van der Waals surface area contributed by atoms with Crippen molar-refractivity contribution in [1.82, 2.24) is 4.98 Å². The van der Waals surface area contributed by atoms with Crippen LogP contribution in [0.3, 0.4) is 0 Å². The average molecular weight is 237 g/mol. The maximum atomic E-state index is 5.81. The summed E-state index contributed by atoms with van der Waals surface area (Å²) in [7, 11) is 0. The highest BCUT2D eigenvalue weighted by Gasteiger charge is 2.31. The van der Waals surface area contributed by atoms with E-state index in [4.69, 9.17) is 10.7 Å². The van der Waals surface area contributed by atoms with Gasteiger partial charge in [0.15, 0.2) is 5.13 Å². The highest BCUT2D eigenvalue weighted by Crippen LogP contribution is 2.44. The molecule has 1 aromatic rings. The molecule has 1 aliphatic carbocycles. The first-order valence-corrected chi connectivity index (χ1v) is 7.04. The molecule has 0 spiro atoms. The number of rotatable bonds is 3. The lowest BCUT2D eigenvalue weighted by atomic mass is 10.2. The predicted octanol–water partition coefficient (Wildman–Crippen LogP) is 2.33. The molecular weight excluding hydrogens is 218 g/mol. The number of thiazole rings is 1. The van der Waals surface area contributed by atoms with Gasteiger partial charge in [-0.1, -0.05) is 6.92 Å². The van der Waals surface area contributed by atoms with E-state index < -0.39 is 0 Å². The fourth-order valence-electron chi connectivity index (χ4n) is 2.42. The predicted molar refractivity (Wildman–Crippen MR) is 68.0 cm³/mol. The molecule has 1 atom stereocenters. The van der Waals surface area contributed by atoms with E-state index in [-0.39, 0.29) is 0 Å². The SMILES string of the molecule is CC1CCN(c2nc(C3CC3)c(CN)s2)C1. The van der Waals surface area contributed by atoms with Crippen LogP contribution in [0.5, 0.6) is 0 Å². The molecule has 16 heavy (non-hydrogen) atoms. The molecule has 2 aliphatic rings. The van der Waals surface area contributed by atoms with Gasteiger partial charge in [0.25, 0.3) is 0 Å². The van der Waals surface area contributed by atoms with Crippen molar-refractivity contribution in [3.63, 3.8) is 0 Å². The molecule has 2 N–H and O–H groups in total.